The molecule has 0 saturated carbocycles. The number of allylic oxidation sites excluding steroid dienone is 1. The van der Waals surface area contributed by atoms with E-state index in [9.17, 15) is 18.0 Å². The Morgan fingerprint density at radius 2 is 2.14 bits per heavy atom. The van der Waals surface area contributed by atoms with Gasteiger partial charge in [-0.15, -0.1) is 11.3 Å². The Bertz CT molecular complexity index is 353. The number of carbonyl (C=O) groups is 1. The quantitative estimate of drug-likeness (QED) is 0.724. The van der Waals surface area contributed by atoms with Crippen LogP contribution < -0.4 is 0 Å². The molecule has 0 amide bonds. The lowest BCUT2D eigenvalue weighted by Gasteiger charge is -2.00. The Morgan fingerprint density at radius 1 is 1.50 bits per heavy atom. The van der Waals surface area contributed by atoms with E-state index in [1.54, 1.807) is 11.4 Å². The Labute approximate surface area is 86.8 Å². The maximum Gasteiger partial charge on any atom is 0.454 e. The first-order valence-corrected chi connectivity index (χ1v) is 4.69. The SMILES string of the molecule is O=C(/C=C(\Cl)c1cccs1)C(F)(F)F. The summed E-state index contributed by atoms with van der Waals surface area (Å²) < 4.78 is 35.4. The van der Waals surface area contributed by atoms with Crippen LogP contribution in [0.5, 0.6) is 0 Å². The molecule has 0 aliphatic rings. The van der Waals surface area contributed by atoms with Crippen LogP contribution in [-0.2, 0) is 4.79 Å². The summed E-state index contributed by atoms with van der Waals surface area (Å²) >= 11 is 6.66. The molecular weight excluding hydrogens is 237 g/mol. The number of rotatable bonds is 2. The van der Waals surface area contributed by atoms with E-state index in [4.69, 9.17) is 11.6 Å². The average Bonchev–Trinajstić information content (AvgIpc) is 2.53. The lowest BCUT2D eigenvalue weighted by atomic mass is 10.3. The van der Waals surface area contributed by atoms with E-state index in [2.05, 4.69) is 0 Å². The lowest BCUT2D eigenvalue weighted by Crippen LogP contribution is -2.20. The molecule has 1 heterocycles. The van der Waals surface area contributed by atoms with E-state index in [0.717, 1.165) is 11.3 Å². The fraction of sp³-hybridized carbons (Fsp3) is 0.125. The second kappa shape index (κ2) is 4.14. The molecule has 0 atom stereocenters. The van der Waals surface area contributed by atoms with Crippen molar-refractivity contribution in [1.29, 1.82) is 0 Å². The molecular formula is C8H4ClF3OS. The Balaban J connectivity index is 2.85. The van der Waals surface area contributed by atoms with Crippen LogP contribution in [0.15, 0.2) is 23.6 Å². The molecule has 6 heteroatoms. The Kier molecular flexibility index (Phi) is 3.34. The van der Waals surface area contributed by atoms with Gasteiger partial charge in [-0.3, -0.25) is 4.79 Å². The van der Waals surface area contributed by atoms with Crippen LogP contribution in [0.3, 0.4) is 0 Å². The monoisotopic (exact) mass is 240 g/mol. The predicted molar refractivity (Wildman–Crippen MR) is 49.2 cm³/mol. The van der Waals surface area contributed by atoms with Crippen molar-refractivity contribution >= 4 is 33.8 Å². The highest BCUT2D eigenvalue weighted by atomic mass is 35.5. The van der Waals surface area contributed by atoms with Crippen molar-refractivity contribution in [2.75, 3.05) is 0 Å². The fourth-order valence-corrected chi connectivity index (χ4v) is 1.61. The van der Waals surface area contributed by atoms with Gasteiger partial charge >= 0.3 is 6.18 Å². The van der Waals surface area contributed by atoms with Crippen LogP contribution >= 0.6 is 22.9 Å². The van der Waals surface area contributed by atoms with Crippen LogP contribution in [0.4, 0.5) is 13.2 Å². The topological polar surface area (TPSA) is 17.1 Å². The molecule has 0 aliphatic carbocycles. The van der Waals surface area contributed by atoms with Gasteiger partial charge in [-0.25, -0.2) is 0 Å². The Morgan fingerprint density at radius 3 is 2.57 bits per heavy atom. The molecule has 14 heavy (non-hydrogen) atoms. The third kappa shape index (κ3) is 2.85. The maximum absolute atomic E-state index is 11.8. The number of alkyl halides is 3. The number of thiophene rings is 1. The van der Waals surface area contributed by atoms with E-state index < -0.39 is 12.0 Å². The molecule has 0 aliphatic heterocycles. The first-order valence-electron chi connectivity index (χ1n) is 3.43. The largest absolute Gasteiger partial charge is 0.454 e. The summed E-state index contributed by atoms with van der Waals surface area (Å²) in [6.07, 6.45) is -4.48. The summed E-state index contributed by atoms with van der Waals surface area (Å²) in [7, 11) is 0. The fourth-order valence-electron chi connectivity index (χ4n) is 0.683. The molecule has 0 N–H and O–H groups in total. The molecule has 0 fully saturated rings. The summed E-state index contributed by atoms with van der Waals surface area (Å²) in [4.78, 5) is 10.9. The van der Waals surface area contributed by atoms with Crippen molar-refractivity contribution in [3.8, 4) is 0 Å². The van der Waals surface area contributed by atoms with E-state index in [0.29, 0.717) is 11.0 Å². The zero-order chi connectivity index (χ0) is 10.8. The van der Waals surface area contributed by atoms with Crippen molar-refractivity contribution in [3.05, 3.63) is 28.5 Å². The van der Waals surface area contributed by atoms with Gasteiger partial charge < -0.3 is 0 Å². The zero-order valence-electron chi connectivity index (χ0n) is 6.64. The van der Waals surface area contributed by atoms with Crippen molar-refractivity contribution in [3.63, 3.8) is 0 Å². The van der Waals surface area contributed by atoms with Crippen LogP contribution in [0, 0.1) is 0 Å². The van der Waals surface area contributed by atoms with Crippen LogP contribution in [0.2, 0.25) is 0 Å². The molecule has 0 unspecified atom stereocenters. The molecule has 0 bridgehead atoms. The maximum atomic E-state index is 11.8. The van der Waals surface area contributed by atoms with Gasteiger partial charge in [-0.2, -0.15) is 13.2 Å². The van der Waals surface area contributed by atoms with Crippen molar-refractivity contribution < 1.29 is 18.0 Å². The highest BCUT2D eigenvalue weighted by molar-refractivity contribution is 7.12. The molecule has 0 aromatic carbocycles. The number of hydrogen-bond donors (Lipinski definition) is 0. The molecule has 76 valence electrons. The molecule has 0 saturated heterocycles. The van der Waals surface area contributed by atoms with E-state index in [1.807, 2.05) is 0 Å². The standard InChI is InChI=1S/C8H4ClF3OS/c9-5(6-2-1-3-14-6)4-7(13)8(10,11)12/h1-4H/b5-4-. The predicted octanol–water partition coefficient (Wildman–Crippen LogP) is 3.46. The van der Waals surface area contributed by atoms with Crippen molar-refractivity contribution in [2.45, 2.75) is 6.18 Å². The van der Waals surface area contributed by atoms with E-state index >= 15 is 0 Å². The minimum atomic E-state index is -4.86. The molecule has 0 radical (unpaired) electrons. The number of hydrogen-bond acceptors (Lipinski definition) is 2. The van der Waals surface area contributed by atoms with Gasteiger partial charge in [0.25, 0.3) is 5.78 Å². The normalized spacial score (nSPS) is 13.0. The van der Waals surface area contributed by atoms with Gasteiger partial charge in [0.1, 0.15) is 0 Å². The van der Waals surface area contributed by atoms with Crippen molar-refractivity contribution in [2.24, 2.45) is 0 Å². The van der Waals surface area contributed by atoms with Gasteiger partial charge in [-0.1, -0.05) is 17.7 Å². The van der Waals surface area contributed by atoms with Crippen LogP contribution in [0.1, 0.15) is 4.88 Å². The van der Waals surface area contributed by atoms with Crippen LogP contribution in [0.25, 0.3) is 5.03 Å². The van der Waals surface area contributed by atoms with Gasteiger partial charge in [0.05, 0.1) is 5.03 Å². The van der Waals surface area contributed by atoms with Gasteiger partial charge in [0.15, 0.2) is 0 Å². The first-order chi connectivity index (χ1) is 6.41. The molecule has 0 spiro atoms. The van der Waals surface area contributed by atoms with Gasteiger partial charge in [0, 0.05) is 11.0 Å². The molecule has 1 rings (SSSR count). The summed E-state index contributed by atoms with van der Waals surface area (Å²) in [6.45, 7) is 0. The molecule has 1 aromatic heterocycles. The van der Waals surface area contributed by atoms with E-state index in [-0.39, 0.29) is 5.03 Å². The second-order valence-corrected chi connectivity index (χ2v) is 3.69. The van der Waals surface area contributed by atoms with Crippen LogP contribution in [-0.4, -0.2) is 12.0 Å². The zero-order valence-corrected chi connectivity index (χ0v) is 8.21. The highest BCUT2D eigenvalue weighted by Gasteiger charge is 2.36. The summed E-state index contributed by atoms with van der Waals surface area (Å²) in [5.74, 6) is -1.95. The minimum absolute atomic E-state index is 0.192. The third-order valence-corrected chi connectivity index (χ3v) is 2.62. The lowest BCUT2D eigenvalue weighted by molar-refractivity contribution is -0.165. The number of halogens is 4. The average molecular weight is 241 g/mol. The molecule has 1 aromatic rings. The summed E-state index contributed by atoms with van der Waals surface area (Å²) in [6, 6.07) is 3.17. The number of ketones is 1. The number of carbonyl (C=O) groups excluding carboxylic acids is 1. The second-order valence-electron chi connectivity index (χ2n) is 2.33. The minimum Gasteiger partial charge on any atom is -0.285 e. The van der Waals surface area contributed by atoms with Gasteiger partial charge in [-0.05, 0) is 11.4 Å². The van der Waals surface area contributed by atoms with E-state index in [1.165, 1.54) is 6.07 Å². The first kappa shape index (κ1) is 11.3. The third-order valence-electron chi connectivity index (χ3n) is 1.29. The van der Waals surface area contributed by atoms with Gasteiger partial charge in [0.2, 0.25) is 0 Å². The van der Waals surface area contributed by atoms with Crippen molar-refractivity contribution in [1.82, 2.24) is 0 Å². The summed E-state index contributed by atoms with van der Waals surface area (Å²) in [5.41, 5.74) is 0. The Hall–Kier alpha value is -0.810. The highest BCUT2D eigenvalue weighted by Crippen LogP contribution is 2.26. The smallest absolute Gasteiger partial charge is 0.285 e. The molecule has 1 nitrogen and oxygen atoms in total. The summed E-state index contributed by atoms with van der Waals surface area (Å²) in [5, 5.41) is 1.46.